The van der Waals surface area contributed by atoms with Gasteiger partial charge in [0.2, 0.25) is 5.91 Å². The van der Waals surface area contributed by atoms with Crippen molar-refractivity contribution in [2.24, 2.45) is 0 Å². The number of amides is 1. The topological polar surface area (TPSA) is 81.4 Å². The van der Waals surface area contributed by atoms with Gasteiger partial charge in [-0.3, -0.25) is 4.79 Å². The maximum atomic E-state index is 13.6. The molecule has 1 rings (SSSR count). The highest BCUT2D eigenvalue weighted by atomic mass is 19.1. The number of hydrogen-bond donors (Lipinski definition) is 2. The molecule has 0 saturated carbocycles. The summed E-state index contributed by atoms with van der Waals surface area (Å²) in [6.07, 6.45) is 0.541. The number of nitrogens with one attached hydrogen (secondary N) is 1. The number of esters is 1. The molecule has 1 amide bonds. The van der Waals surface area contributed by atoms with Gasteiger partial charge in [0.05, 0.1) is 18.0 Å². The number of benzene rings is 1. The van der Waals surface area contributed by atoms with E-state index in [1.807, 2.05) is 0 Å². The molecule has 0 bridgehead atoms. The Bertz CT molecular complexity index is 518. The predicted molar refractivity (Wildman–Crippen MR) is 65.6 cm³/mol. The molecule has 7 heteroatoms. The minimum absolute atomic E-state index is 0.0793. The molecule has 0 aliphatic rings. The lowest BCUT2D eigenvalue weighted by atomic mass is 10.1. The first-order valence-electron chi connectivity index (χ1n) is 5.60. The SMILES string of the molecule is CCCOC(=O)c1c(N)c(F)cc(F)c1NC(C)=O. The third-order valence-corrected chi connectivity index (χ3v) is 2.21. The Kier molecular flexibility index (Phi) is 4.80. The Labute approximate surface area is 108 Å². The lowest BCUT2D eigenvalue weighted by molar-refractivity contribution is -0.114. The van der Waals surface area contributed by atoms with Gasteiger partial charge in [0.1, 0.15) is 11.4 Å². The molecular formula is C12H14F2N2O3. The Morgan fingerprint density at radius 2 is 2.00 bits per heavy atom. The molecule has 0 aliphatic heterocycles. The van der Waals surface area contributed by atoms with E-state index in [9.17, 15) is 18.4 Å². The van der Waals surface area contributed by atoms with Crippen LogP contribution in [0.3, 0.4) is 0 Å². The lowest BCUT2D eigenvalue weighted by Gasteiger charge is -2.13. The van der Waals surface area contributed by atoms with E-state index in [1.54, 1.807) is 6.92 Å². The monoisotopic (exact) mass is 272 g/mol. The van der Waals surface area contributed by atoms with Gasteiger partial charge < -0.3 is 15.8 Å². The summed E-state index contributed by atoms with van der Waals surface area (Å²) in [6, 6.07) is 0.497. The van der Waals surface area contributed by atoms with E-state index in [-0.39, 0.29) is 6.61 Å². The molecule has 0 unspecified atom stereocenters. The summed E-state index contributed by atoms with van der Waals surface area (Å²) in [7, 11) is 0. The van der Waals surface area contributed by atoms with Gasteiger partial charge in [-0.2, -0.15) is 0 Å². The van der Waals surface area contributed by atoms with Gasteiger partial charge in [0.25, 0.3) is 0 Å². The molecule has 1 aromatic carbocycles. The summed E-state index contributed by atoms with van der Waals surface area (Å²) in [5.41, 5.74) is 3.85. The molecule has 0 radical (unpaired) electrons. The number of nitrogens with two attached hydrogens (primary N) is 1. The van der Waals surface area contributed by atoms with Crippen LogP contribution in [-0.2, 0) is 9.53 Å². The number of hydrogen-bond acceptors (Lipinski definition) is 4. The van der Waals surface area contributed by atoms with E-state index < -0.39 is 40.4 Å². The fourth-order valence-electron chi connectivity index (χ4n) is 1.41. The number of carbonyl (C=O) groups excluding carboxylic acids is 2. The Morgan fingerprint density at radius 3 is 2.53 bits per heavy atom. The number of anilines is 2. The Morgan fingerprint density at radius 1 is 1.37 bits per heavy atom. The fraction of sp³-hybridized carbons (Fsp3) is 0.333. The van der Waals surface area contributed by atoms with Crippen LogP contribution in [-0.4, -0.2) is 18.5 Å². The zero-order valence-electron chi connectivity index (χ0n) is 10.5. The summed E-state index contributed by atoms with van der Waals surface area (Å²) in [4.78, 5) is 22.7. The number of ether oxygens (including phenoxy) is 1. The average Bonchev–Trinajstić information content (AvgIpc) is 2.33. The smallest absolute Gasteiger partial charge is 0.342 e. The van der Waals surface area contributed by atoms with Crippen LogP contribution in [0.15, 0.2) is 6.07 Å². The van der Waals surface area contributed by atoms with E-state index in [0.717, 1.165) is 6.92 Å². The minimum atomic E-state index is -1.09. The first-order valence-corrected chi connectivity index (χ1v) is 5.60. The summed E-state index contributed by atoms with van der Waals surface area (Å²) in [6.45, 7) is 2.97. The van der Waals surface area contributed by atoms with E-state index in [2.05, 4.69) is 5.32 Å². The number of nitrogen functional groups attached to an aromatic ring is 1. The van der Waals surface area contributed by atoms with Crippen molar-refractivity contribution in [1.82, 2.24) is 0 Å². The fourth-order valence-corrected chi connectivity index (χ4v) is 1.41. The highest BCUT2D eigenvalue weighted by molar-refractivity contribution is 6.05. The lowest BCUT2D eigenvalue weighted by Crippen LogP contribution is -2.17. The summed E-state index contributed by atoms with van der Waals surface area (Å²) < 4.78 is 31.8. The van der Waals surface area contributed by atoms with E-state index >= 15 is 0 Å². The standard InChI is InChI=1S/C12H14F2N2O3/c1-3-4-19-12(18)9-10(15)7(13)5-8(14)11(9)16-6(2)17/h5H,3-4,15H2,1-2H3,(H,16,17). The van der Waals surface area contributed by atoms with Gasteiger partial charge in [0, 0.05) is 13.0 Å². The van der Waals surface area contributed by atoms with Crippen LogP contribution >= 0.6 is 0 Å². The van der Waals surface area contributed by atoms with Gasteiger partial charge in [-0.25, -0.2) is 13.6 Å². The zero-order chi connectivity index (χ0) is 14.6. The number of carbonyl (C=O) groups is 2. The number of rotatable bonds is 4. The van der Waals surface area contributed by atoms with Crippen LogP contribution in [0, 0.1) is 11.6 Å². The largest absolute Gasteiger partial charge is 0.462 e. The second-order valence-corrected chi connectivity index (χ2v) is 3.82. The third kappa shape index (κ3) is 3.40. The van der Waals surface area contributed by atoms with Crippen LogP contribution in [0.2, 0.25) is 0 Å². The Hall–Kier alpha value is -2.18. The first-order chi connectivity index (χ1) is 8.88. The zero-order valence-corrected chi connectivity index (χ0v) is 10.5. The van der Waals surface area contributed by atoms with E-state index in [1.165, 1.54) is 0 Å². The molecule has 104 valence electrons. The van der Waals surface area contributed by atoms with Crippen molar-refractivity contribution < 1.29 is 23.1 Å². The number of halogens is 2. The maximum absolute atomic E-state index is 13.6. The maximum Gasteiger partial charge on any atom is 0.342 e. The molecular weight excluding hydrogens is 258 g/mol. The normalized spacial score (nSPS) is 10.1. The second kappa shape index (κ2) is 6.12. The van der Waals surface area contributed by atoms with Crippen LogP contribution in [0.5, 0.6) is 0 Å². The van der Waals surface area contributed by atoms with Crippen molar-refractivity contribution in [1.29, 1.82) is 0 Å². The van der Waals surface area contributed by atoms with Crippen molar-refractivity contribution >= 4 is 23.3 Å². The van der Waals surface area contributed by atoms with Crippen molar-refractivity contribution in [3.05, 3.63) is 23.3 Å². The van der Waals surface area contributed by atoms with E-state index in [4.69, 9.17) is 10.5 Å². The molecule has 0 atom stereocenters. The molecule has 0 spiro atoms. The highest BCUT2D eigenvalue weighted by Crippen LogP contribution is 2.29. The molecule has 1 aromatic rings. The summed E-state index contributed by atoms with van der Waals surface area (Å²) in [5, 5.41) is 2.11. The molecule has 0 aliphatic carbocycles. The van der Waals surface area contributed by atoms with Gasteiger partial charge in [0.15, 0.2) is 5.82 Å². The van der Waals surface area contributed by atoms with Crippen LogP contribution in [0.1, 0.15) is 30.6 Å². The van der Waals surface area contributed by atoms with Gasteiger partial charge >= 0.3 is 5.97 Å². The first kappa shape index (κ1) is 14.9. The van der Waals surface area contributed by atoms with E-state index in [0.29, 0.717) is 12.5 Å². The van der Waals surface area contributed by atoms with Crippen molar-refractivity contribution in [2.75, 3.05) is 17.7 Å². The average molecular weight is 272 g/mol. The van der Waals surface area contributed by atoms with Gasteiger partial charge in [-0.15, -0.1) is 0 Å². The van der Waals surface area contributed by atoms with Crippen LogP contribution in [0.25, 0.3) is 0 Å². The van der Waals surface area contributed by atoms with Crippen LogP contribution in [0.4, 0.5) is 20.2 Å². The van der Waals surface area contributed by atoms with Crippen molar-refractivity contribution in [3.63, 3.8) is 0 Å². The summed E-state index contributed by atoms with van der Waals surface area (Å²) >= 11 is 0. The highest BCUT2D eigenvalue weighted by Gasteiger charge is 2.24. The summed E-state index contributed by atoms with van der Waals surface area (Å²) in [5.74, 6) is -3.78. The second-order valence-electron chi connectivity index (χ2n) is 3.82. The van der Waals surface area contributed by atoms with Gasteiger partial charge in [-0.05, 0) is 6.42 Å². The van der Waals surface area contributed by atoms with Crippen molar-refractivity contribution in [2.45, 2.75) is 20.3 Å². The Balaban J connectivity index is 3.31. The molecule has 0 fully saturated rings. The molecule has 5 nitrogen and oxygen atoms in total. The molecule has 19 heavy (non-hydrogen) atoms. The molecule has 0 heterocycles. The molecule has 0 aromatic heterocycles. The molecule has 0 saturated heterocycles. The third-order valence-electron chi connectivity index (χ3n) is 2.21. The van der Waals surface area contributed by atoms with Crippen molar-refractivity contribution in [3.8, 4) is 0 Å². The molecule has 3 N–H and O–H groups in total. The van der Waals surface area contributed by atoms with Crippen LogP contribution < -0.4 is 11.1 Å². The minimum Gasteiger partial charge on any atom is -0.462 e. The predicted octanol–water partition coefficient (Wildman–Crippen LogP) is 2.07. The quantitative estimate of drug-likeness (QED) is 0.649. The van der Waals surface area contributed by atoms with Gasteiger partial charge in [-0.1, -0.05) is 6.92 Å².